The zero-order valence-corrected chi connectivity index (χ0v) is 16.0. The number of para-hydroxylation sites is 1. The van der Waals surface area contributed by atoms with Crippen LogP contribution in [-0.4, -0.2) is 54.5 Å². The van der Waals surface area contributed by atoms with E-state index in [1.165, 1.54) is 11.2 Å². The van der Waals surface area contributed by atoms with Crippen molar-refractivity contribution < 1.29 is 9.53 Å². The quantitative estimate of drug-likeness (QED) is 0.680. The van der Waals surface area contributed by atoms with Crippen LogP contribution in [0.5, 0.6) is 6.01 Å². The third-order valence-electron chi connectivity index (χ3n) is 6.60. The number of carbonyl (C=O) groups is 1. The second-order valence-corrected chi connectivity index (χ2v) is 8.28. The van der Waals surface area contributed by atoms with Crippen molar-refractivity contribution in [1.82, 2.24) is 29.9 Å². The number of nitrogens with zero attached hydrogens (tertiary/aromatic N) is 6. The first-order valence-corrected chi connectivity index (χ1v) is 9.88. The smallest absolute Gasteiger partial charge is 0.316 e. The van der Waals surface area contributed by atoms with Crippen molar-refractivity contribution in [1.29, 1.82) is 0 Å². The molecule has 0 radical (unpaired) electrons. The number of benzene rings is 1. The molecule has 2 aromatic heterocycles. The molecule has 2 saturated carbocycles. The van der Waals surface area contributed by atoms with E-state index in [0.29, 0.717) is 23.2 Å². The predicted molar refractivity (Wildman–Crippen MR) is 103 cm³/mol. The summed E-state index contributed by atoms with van der Waals surface area (Å²) in [7, 11) is 0. The highest BCUT2D eigenvalue weighted by Crippen LogP contribution is 2.71. The highest BCUT2D eigenvalue weighted by atomic mass is 16.5. The van der Waals surface area contributed by atoms with E-state index in [-0.39, 0.29) is 23.5 Å². The van der Waals surface area contributed by atoms with E-state index in [1.54, 1.807) is 24.8 Å². The van der Waals surface area contributed by atoms with Crippen molar-refractivity contribution in [3.8, 4) is 11.7 Å². The van der Waals surface area contributed by atoms with Crippen molar-refractivity contribution in [2.75, 3.05) is 6.54 Å². The van der Waals surface area contributed by atoms with Crippen molar-refractivity contribution in [2.45, 2.75) is 31.9 Å². The summed E-state index contributed by atoms with van der Waals surface area (Å²) in [5.41, 5.74) is 2.52. The fourth-order valence-electron chi connectivity index (χ4n) is 5.15. The van der Waals surface area contributed by atoms with Gasteiger partial charge in [-0.15, -0.1) is 0 Å². The lowest BCUT2D eigenvalue weighted by Crippen LogP contribution is -2.59. The van der Waals surface area contributed by atoms with Crippen LogP contribution >= 0.6 is 0 Å². The van der Waals surface area contributed by atoms with Crippen molar-refractivity contribution in [2.24, 2.45) is 11.3 Å². The highest BCUT2D eigenvalue weighted by molar-refractivity contribution is 5.98. The van der Waals surface area contributed by atoms with Gasteiger partial charge < -0.3 is 9.64 Å². The number of carbonyl (C=O) groups excluding carboxylic acids is 1. The molecule has 0 bridgehead atoms. The van der Waals surface area contributed by atoms with E-state index in [2.05, 4.69) is 20.2 Å². The van der Waals surface area contributed by atoms with Crippen LogP contribution in [-0.2, 0) is 0 Å². The Balaban J connectivity index is 1.28. The van der Waals surface area contributed by atoms with Crippen molar-refractivity contribution in [3.05, 3.63) is 60.2 Å². The number of hydrogen-bond donors (Lipinski definition) is 0. The fraction of sp³-hybridized carbons (Fsp3) is 0.381. The van der Waals surface area contributed by atoms with E-state index in [1.807, 2.05) is 36.1 Å². The minimum atomic E-state index is -0.0656. The Morgan fingerprint density at radius 3 is 2.69 bits per heavy atom. The van der Waals surface area contributed by atoms with Gasteiger partial charge in [0, 0.05) is 24.4 Å². The number of aryl methyl sites for hydroxylation is 1. The molecule has 8 heteroatoms. The molecular weight excluding hydrogens is 368 g/mol. The van der Waals surface area contributed by atoms with Gasteiger partial charge in [0.15, 0.2) is 0 Å². The van der Waals surface area contributed by atoms with Gasteiger partial charge >= 0.3 is 6.01 Å². The average molecular weight is 388 g/mol. The molecule has 2 aliphatic carbocycles. The van der Waals surface area contributed by atoms with E-state index < -0.39 is 0 Å². The molecule has 0 N–H and O–H groups in total. The molecule has 29 heavy (non-hydrogen) atoms. The standard InChI is InChI=1S/C21H20N6O2/c1-13-10-22-20(23-11-13)29-17-9-21-8-14(21)12-26(18(17)21)19(28)15-4-2-3-5-16(15)27-24-6-7-25-27/h2-7,10-11,14,17-18H,8-9,12H2,1H3. The molecule has 1 amide bonds. The first kappa shape index (κ1) is 16.6. The largest absolute Gasteiger partial charge is 0.458 e. The number of ether oxygens (including phenoxy) is 1. The number of amides is 1. The highest BCUT2D eigenvalue weighted by Gasteiger charge is 2.76. The predicted octanol–water partition coefficient (Wildman–Crippen LogP) is 2.05. The third-order valence-corrected chi connectivity index (χ3v) is 6.60. The molecule has 6 rings (SSSR count). The van der Waals surface area contributed by atoms with Crippen LogP contribution in [0, 0.1) is 18.3 Å². The summed E-state index contributed by atoms with van der Waals surface area (Å²) in [6, 6.07) is 7.94. The Kier molecular flexibility index (Phi) is 3.36. The van der Waals surface area contributed by atoms with Crippen LogP contribution in [0.1, 0.15) is 28.8 Å². The van der Waals surface area contributed by atoms with Gasteiger partial charge in [-0.25, -0.2) is 9.97 Å². The molecule has 4 unspecified atom stereocenters. The van der Waals surface area contributed by atoms with Gasteiger partial charge in [0.1, 0.15) is 6.10 Å². The molecule has 1 spiro atoms. The summed E-state index contributed by atoms with van der Waals surface area (Å²) in [6.07, 6.45) is 8.80. The first-order valence-electron chi connectivity index (χ1n) is 9.88. The second-order valence-electron chi connectivity index (χ2n) is 8.28. The molecule has 3 aliphatic rings. The fourth-order valence-corrected chi connectivity index (χ4v) is 5.15. The van der Waals surface area contributed by atoms with Crippen LogP contribution in [0.2, 0.25) is 0 Å². The van der Waals surface area contributed by atoms with Gasteiger partial charge in [-0.05, 0) is 43.4 Å². The number of hydrogen-bond acceptors (Lipinski definition) is 6. The van der Waals surface area contributed by atoms with Gasteiger partial charge in [-0.2, -0.15) is 15.0 Å². The zero-order chi connectivity index (χ0) is 19.6. The Morgan fingerprint density at radius 2 is 1.90 bits per heavy atom. The number of piperidine rings is 1. The van der Waals surface area contributed by atoms with E-state index in [0.717, 1.165) is 18.5 Å². The maximum absolute atomic E-state index is 13.5. The Morgan fingerprint density at radius 1 is 1.14 bits per heavy atom. The Labute approximate surface area is 167 Å². The van der Waals surface area contributed by atoms with Crippen LogP contribution in [0.25, 0.3) is 5.69 Å². The van der Waals surface area contributed by atoms with Crippen LogP contribution in [0.3, 0.4) is 0 Å². The monoisotopic (exact) mass is 388 g/mol. The topological polar surface area (TPSA) is 86.0 Å². The molecule has 3 fully saturated rings. The minimum Gasteiger partial charge on any atom is -0.458 e. The van der Waals surface area contributed by atoms with Gasteiger partial charge in [0.05, 0.1) is 29.7 Å². The minimum absolute atomic E-state index is 0.00704. The molecule has 8 nitrogen and oxygen atoms in total. The lowest BCUT2D eigenvalue weighted by Gasteiger charge is -2.46. The molecule has 3 heterocycles. The van der Waals surface area contributed by atoms with Gasteiger partial charge in [0.2, 0.25) is 0 Å². The van der Waals surface area contributed by atoms with Crippen molar-refractivity contribution in [3.63, 3.8) is 0 Å². The van der Waals surface area contributed by atoms with Crippen LogP contribution in [0.15, 0.2) is 49.1 Å². The van der Waals surface area contributed by atoms with E-state index in [9.17, 15) is 4.79 Å². The Bertz CT molecular complexity index is 1080. The number of likely N-dealkylation sites (tertiary alicyclic amines) is 1. The molecule has 1 aliphatic heterocycles. The van der Waals surface area contributed by atoms with Crippen LogP contribution < -0.4 is 4.74 Å². The lowest BCUT2D eigenvalue weighted by molar-refractivity contribution is -0.0368. The molecule has 4 atom stereocenters. The summed E-state index contributed by atoms with van der Waals surface area (Å²) in [5.74, 6) is 0.581. The summed E-state index contributed by atoms with van der Waals surface area (Å²) in [6.45, 7) is 2.72. The first-order chi connectivity index (χ1) is 14.2. The number of rotatable bonds is 4. The van der Waals surface area contributed by atoms with Crippen molar-refractivity contribution >= 4 is 5.91 Å². The number of aromatic nitrogens is 5. The molecule has 3 aromatic rings. The molecule has 1 aromatic carbocycles. The Hall–Kier alpha value is -3.29. The SMILES string of the molecule is Cc1cnc(OC2CC34CC3CN(C(=O)c3ccccc3-n3nccn3)C24)nc1. The second kappa shape index (κ2) is 5.85. The zero-order valence-electron chi connectivity index (χ0n) is 16.0. The maximum Gasteiger partial charge on any atom is 0.316 e. The summed E-state index contributed by atoms with van der Waals surface area (Å²) in [5, 5.41) is 8.40. The van der Waals surface area contributed by atoms with Gasteiger partial charge in [0.25, 0.3) is 5.91 Å². The van der Waals surface area contributed by atoms with Gasteiger partial charge in [-0.1, -0.05) is 12.1 Å². The summed E-state index contributed by atoms with van der Waals surface area (Å²) >= 11 is 0. The molecular formula is C21H20N6O2. The lowest BCUT2D eigenvalue weighted by atomic mass is 9.73. The molecule has 146 valence electrons. The average Bonchev–Trinajstić information content (AvgIpc) is 3.10. The normalized spacial score (nSPS) is 29.0. The summed E-state index contributed by atoms with van der Waals surface area (Å²) < 4.78 is 6.08. The molecule has 1 saturated heterocycles. The van der Waals surface area contributed by atoms with Crippen LogP contribution in [0.4, 0.5) is 0 Å². The van der Waals surface area contributed by atoms with E-state index in [4.69, 9.17) is 4.74 Å². The van der Waals surface area contributed by atoms with Gasteiger partial charge in [-0.3, -0.25) is 4.79 Å². The van der Waals surface area contributed by atoms with E-state index >= 15 is 0 Å². The third kappa shape index (κ3) is 2.41. The maximum atomic E-state index is 13.5. The summed E-state index contributed by atoms with van der Waals surface area (Å²) in [4.78, 5) is 25.5.